The SMILES string of the molecule is CCc1nc(N2CCC(N3CCCCC3)CC2)sc1C=O. The maximum Gasteiger partial charge on any atom is 0.186 e. The summed E-state index contributed by atoms with van der Waals surface area (Å²) < 4.78 is 0. The molecule has 0 saturated carbocycles. The second-order valence-corrected chi connectivity index (χ2v) is 7.10. The predicted octanol–water partition coefficient (Wildman–Crippen LogP) is 2.97. The number of hydrogen-bond donors (Lipinski definition) is 0. The molecule has 0 spiro atoms. The molecule has 2 saturated heterocycles. The molecule has 3 rings (SSSR count). The van der Waals surface area contributed by atoms with Gasteiger partial charge in [0.15, 0.2) is 11.4 Å². The van der Waals surface area contributed by atoms with Crippen molar-refractivity contribution in [1.29, 1.82) is 0 Å². The summed E-state index contributed by atoms with van der Waals surface area (Å²) in [4.78, 5) is 21.6. The van der Waals surface area contributed by atoms with Crippen LogP contribution in [0.25, 0.3) is 0 Å². The van der Waals surface area contributed by atoms with Gasteiger partial charge in [-0.2, -0.15) is 0 Å². The summed E-state index contributed by atoms with van der Waals surface area (Å²) in [5.74, 6) is 0. The number of likely N-dealkylation sites (tertiary alicyclic amines) is 1. The van der Waals surface area contributed by atoms with Crippen LogP contribution in [-0.4, -0.2) is 48.4 Å². The first kappa shape index (κ1) is 15.0. The molecule has 0 amide bonds. The molecule has 1 aromatic rings. The van der Waals surface area contributed by atoms with Gasteiger partial charge in [-0.15, -0.1) is 0 Å². The van der Waals surface area contributed by atoms with Crippen LogP contribution < -0.4 is 4.90 Å². The normalized spacial score (nSPS) is 21.7. The minimum atomic E-state index is 0.762. The lowest BCUT2D eigenvalue weighted by atomic mass is 10.0. The van der Waals surface area contributed by atoms with Crippen molar-refractivity contribution in [3.05, 3.63) is 10.6 Å². The van der Waals surface area contributed by atoms with Gasteiger partial charge in [-0.25, -0.2) is 4.98 Å². The van der Waals surface area contributed by atoms with Gasteiger partial charge in [0.05, 0.1) is 10.6 Å². The van der Waals surface area contributed by atoms with E-state index in [4.69, 9.17) is 0 Å². The second kappa shape index (κ2) is 6.88. The first-order chi connectivity index (χ1) is 10.3. The third-order valence-electron chi connectivity index (χ3n) is 4.80. The Kier molecular flexibility index (Phi) is 4.91. The number of thiazole rings is 1. The van der Waals surface area contributed by atoms with Crippen molar-refractivity contribution in [3.63, 3.8) is 0 Å². The van der Waals surface area contributed by atoms with Crippen molar-refractivity contribution < 1.29 is 4.79 Å². The van der Waals surface area contributed by atoms with Crippen molar-refractivity contribution in [1.82, 2.24) is 9.88 Å². The molecule has 1 aromatic heterocycles. The van der Waals surface area contributed by atoms with E-state index in [9.17, 15) is 4.79 Å². The van der Waals surface area contributed by atoms with Crippen molar-refractivity contribution in [2.24, 2.45) is 0 Å². The number of piperidine rings is 2. The molecule has 2 fully saturated rings. The highest BCUT2D eigenvalue weighted by Crippen LogP contribution is 2.29. The van der Waals surface area contributed by atoms with Crippen molar-refractivity contribution >= 4 is 22.8 Å². The number of hydrogen-bond acceptors (Lipinski definition) is 5. The molecular formula is C16H25N3OS. The van der Waals surface area contributed by atoms with Gasteiger partial charge < -0.3 is 9.80 Å². The van der Waals surface area contributed by atoms with Gasteiger partial charge in [0, 0.05) is 19.1 Å². The average molecular weight is 307 g/mol. The largest absolute Gasteiger partial charge is 0.348 e. The Morgan fingerprint density at radius 1 is 1.19 bits per heavy atom. The Hall–Kier alpha value is -0.940. The average Bonchev–Trinajstić information content (AvgIpc) is 2.99. The lowest BCUT2D eigenvalue weighted by Gasteiger charge is -2.40. The topological polar surface area (TPSA) is 36.4 Å². The summed E-state index contributed by atoms with van der Waals surface area (Å²) >= 11 is 1.56. The summed E-state index contributed by atoms with van der Waals surface area (Å²) in [7, 11) is 0. The maximum atomic E-state index is 11.1. The second-order valence-electron chi connectivity index (χ2n) is 6.09. The predicted molar refractivity (Wildman–Crippen MR) is 87.5 cm³/mol. The van der Waals surface area contributed by atoms with Gasteiger partial charge in [0.1, 0.15) is 0 Å². The van der Waals surface area contributed by atoms with Crippen LogP contribution in [0.2, 0.25) is 0 Å². The van der Waals surface area contributed by atoms with Crippen LogP contribution >= 0.6 is 11.3 Å². The third-order valence-corrected chi connectivity index (χ3v) is 5.88. The number of aldehydes is 1. The smallest absolute Gasteiger partial charge is 0.186 e. The van der Waals surface area contributed by atoms with E-state index in [0.29, 0.717) is 0 Å². The Labute approximate surface area is 131 Å². The lowest BCUT2D eigenvalue weighted by molar-refractivity contribution is 0.112. The van der Waals surface area contributed by atoms with E-state index in [1.807, 2.05) is 0 Å². The van der Waals surface area contributed by atoms with Crippen LogP contribution in [0.15, 0.2) is 0 Å². The fraction of sp³-hybridized carbons (Fsp3) is 0.750. The Balaban J connectivity index is 1.60. The molecule has 2 aliphatic rings. The lowest BCUT2D eigenvalue weighted by Crippen LogP contribution is -2.46. The van der Waals surface area contributed by atoms with Crippen molar-refractivity contribution in [2.45, 2.75) is 51.5 Å². The molecule has 4 nitrogen and oxygen atoms in total. The molecule has 0 aliphatic carbocycles. The van der Waals surface area contributed by atoms with Gasteiger partial charge in [0.2, 0.25) is 0 Å². The van der Waals surface area contributed by atoms with Crippen LogP contribution in [0, 0.1) is 0 Å². The first-order valence-corrected chi connectivity index (χ1v) is 9.07. The molecule has 0 atom stereocenters. The molecular weight excluding hydrogens is 282 g/mol. The summed E-state index contributed by atoms with van der Waals surface area (Å²) in [6.45, 7) is 6.80. The van der Waals surface area contributed by atoms with Gasteiger partial charge >= 0.3 is 0 Å². The molecule has 0 unspecified atom stereocenters. The van der Waals surface area contributed by atoms with Gasteiger partial charge in [-0.05, 0) is 45.2 Å². The number of aromatic nitrogens is 1. The molecule has 0 N–H and O–H groups in total. The zero-order valence-electron chi connectivity index (χ0n) is 12.9. The van der Waals surface area contributed by atoms with E-state index in [1.54, 1.807) is 11.3 Å². The number of carbonyl (C=O) groups is 1. The van der Waals surface area contributed by atoms with E-state index >= 15 is 0 Å². The molecule has 116 valence electrons. The van der Waals surface area contributed by atoms with E-state index < -0.39 is 0 Å². The molecule has 2 aliphatic heterocycles. The van der Waals surface area contributed by atoms with Crippen LogP contribution in [0.1, 0.15) is 54.4 Å². The van der Waals surface area contributed by atoms with E-state index in [-0.39, 0.29) is 0 Å². The summed E-state index contributed by atoms with van der Waals surface area (Å²) in [6, 6.07) is 0.762. The molecule has 5 heteroatoms. The Morgan fingerprint density at radius 3 is 2.48 bits per heavy atom. The fourth-order valence-electron chi connectivity index (χ4n) is 3.54. The van der Waals surface area contributed by atoms with E-state index in [0.717, 1.165) is 47.5 Å². The van der Waals surface area contributed by atoms with Crippen LogP contribution in [0.3, 0.4) is 0 Å². The molecule has 0 aromatic carbocycles. The number of anilines is 1. The van der Waals surface area contributed by atoms with Crippen LogP contribution in [0.5, 0.6) is 0 Å². The molecule has 0 radical (unpaired) electrons. The zero-order chi connectivity index (χ0) is 14.7. The van der Waals surface area contributed by atoms with Gasteiger partial charge in [-0.1, -0.05) is 24.7 Å². The maximum absolute atomic E-state index is 11.1. The molecule has 0 bridgehead atoms. The summed E-state index contributed by atoms with van der Waals surface area (Å²) in [5, 5.41) is 1.05. The third kappa shape index (κ3) is 3.29. The van der Waals surface area contributed by atoms with Gasteiger partial charge in [0.25, 0.3) is 0 Å². The highest BCUT2D eigenvalue weighted by atomic mass is 32.1. The van der Waals surface area contributed by atoms with Gasteiger partial charge in [-0.3, -0.25) is 4.79 Å². The van der Waals surface area contributed by atoms with E-state index in [1.165, 1.54) is 45.2 Å². The molecule has 3 heterocycles. The standard InChI is InChI=1S/C16H25N3OS/c1-2-14-15(12-20)21-16(17-14)19-10-6-13(7-11-19)18-8-4-3-5-9-18/h12-13H,2-11H2,1H3. The number of aryl methyl sites for hydroxylation is 1. The summed E-state index contributed by atoms with van der Waals surface area (Å²) in [5.41, 5.74) is 0.961. The van der Waals surface area contributed by atoms with Crippen molar-refractivity contribution in [2.75, 3.05) is 31.1 Å². The Bertz CT molecular complexity index is 474. The van der Waals surface area contributed by atoms with E-state index in [2.05, 4.69) is 21.7 Å². The Morgan fingerprint density at radius 2 is 1.90 bits per heavy atom. The summed E-state index contributed by atoms with van der Waals surface area (Å²) in [6.07, 6.45) is 8.41. The number of nitrogens with zero attached hydrogens (tertiary/aromatic N) is 3. The monoisotopic (exact) mass is 307 g/mol. The van der Waals surface area contributed by atoms with Crippen molar-refractivity contribution in [3.8, 4) is 0 Å². The van der Waals surface area contributed by atoms with Crippen LogP contribution in [-0.2, 0) is 6.42 Å². The fourth-order valence-corrected chi connectivity index (χ4v) is 4.56. The highest BCUT2D eigenvalue weighted by molar-refractivity contribution is 7.17. The highest BCUT2D eigenvalue weighted by Gasteiger charge is 2.27. The minimum Gasteiger partial charge on any atom is -0.348 e. The van der Waals surface area contributed by atoms with Crippen LogP contribution in [0.4, 0.5) is 5.13 Å². The zero-order valence-corrected chi connectivity index (χ0v) is 13.7. The minimum absolute atomic E-state index is 0.762. The molecule has 21 heavy (non-hydrogen) atoms. The number of rotatable bonds is 4. The quantitative estimate of drug-likeness (QED) is 0.801. The number of carbonyl (C=O) groups excluding carboxylic acids is 1. The first-order valence-electron chi connectivity index (χ1n) is 8.25.